The lowest BCUT2D eigenvalue weighted by atomic mass is 10.1. The smallest absolute Gasteiger partial charge is 0.304 e. The summed E-state index contributed by atoms with van der Waals surface area (Å²) in [6, 6.07) is 5.16. The zero-order chi connectivity index (χ0) is 14.5. The zero-order valence-corrected chi connectivity index (χ0v) is 12.5. The van der Waals surface area contributed by atoms with E-state index in [1.807, 2.05) is 0 Å². The van der Waals surface area contributed by atoms with E-state index < -0.39 is 5.97 Å². The average Bonchev–Trinajstić information content (AvgIpc) is 2.40. The standard InChI is InChI=1S/C14H17Cl2NO3/c15-10-3-4-13(12(16)8-10)20-11-2-1-6-17(9-11)7-5-14(18)19/h3-4,8,11H,1-2,5-7,9H2,(H,18,19). The number of carboxylic acid groups (broad SMARTS) is 1. The van der Waals surface area contributed by atoms with Gasteiger partial charge >= 0.3 is 5.97 Å². The van der Waals surface area contributed by atoms with Crippen molar-refractivity contribution in [3.05, 3.63) is 28.2 Å². The van der Waals surface area contributed by atoms with Crippen LogP contribution in [0.1, 0.15) is 19.3 Å². The lowest BCUT2D eigenvalue weighted by Gasteiger charge is -2.32. The maximum atomic E-state index is 10.6. The van der Waals surface area contributed by atoms with Crippen molar-refractivity contribution in [1.29, 1.82) is 0 Å². The number of hydrogen-bond acceptors (Lipinski definition) is 3. The summed E-state index contributed by atoms with van der Waals surface area (Å²) in [5.41, 5.74) is 0. The highest BCUT2D eigenvalue weighted by atomic mass is 35.5. The number of piperidine rings is 1. The van der Waals surface area contributed by atoms with Gasteiger partial charge in [-0.05, 0) is 37.6 Å². The van der Waals surface area contributed by atoms with E-state index >= 15 is 0 Å². The Morgan fingerprint density at radius 1 is 1.45 bits per heavy atom. The molecule has 1 heterocycles. The van der Waals surface area contributed by atoms with Crippen molar-refractivity contribution in [2.24, 2.45) is 0 Å². The largest absolute Gasteiger partial charge is 0.488 e. The monoisotopic (exact) mass is 317 g/mol. The Bertz CT molecular complexity index is 481. The molecule has 4 nitrogen and oxygen atoms in total. The number of carbonyl (C=O) groups is 1. The minimum atomic E-state index is -0.770. The zero-order valence-electron chi connectivity index (χ0n) is 11.0. The van der Waals surface area contributed by atoms with Gasteiger partial charge in [-0.1, -0.05) is 23.2 Å². The topological polar surface area (TPSA) is 49.8 Å². The van der Waals surface area contributed by atoms with E-state index in [1.165, 1.54) is 0 Å². The highest BCUT2D eigenvalue weighted by Crippen LogP contribution is 2.29. The van der Waals surface area contributed by atoms with Crippen LogP contribution in [0.2, 0.25) is 10.0 Å². The van der Waals surface area contributed by atoms with Crippen LogP contribution in [-0.4, -0.2) is 41.7 Å². The summed E-state index contributed by atoms with van der Waals surface area (Å²) in [6.07, 6.45) is 2.14. The first kappa shape index (κ1) is 15.4. The minimum Gasteiger partial charge on any atom is -0.488 e. The molecular weight excluding hydrogens is 301 g/mol. The normalized spacial score (nSPS) is 19.8. The predicted octanol–water partition coefficient (Wildman–Crippen LogP) is 3.31. The van der Waals surface area contributed by atoms with Crippen LogP contribution in [0.25, 0.3) is 0 Å². The number of halogens is 2. The molecule has 0 aliphatic carbocycles. The third-order valence-electron chi connectivity index (χ3n) is 3.29. The molecule has 0 saturated carbocycles. The average molecular weight is 318 g/mol. The van der Waals surface area contributed by atoms with Crippen molar-refractivity contribution >= 4 is 29.2 Å². The molecule has 1 atom stereocenters. The minimum absolute atomic E-state index is 0.0382. The molecule has 0 radical (unpaired) electrons. The summed E-state index contributed by atoms with van der Waals surface area (Å²) in [7, 11) is 0. The van der Waals surface area contributed by atoms with Crippen LogP contribution < -0.4 is 4.74 Å². The molecule has 1 saturated heterocycles. The van der Waals surface area contributed by atoms with E-state index in [0.29, 0.717) is 22.3 Å². The maximum absolute atomic E-state index is 10.6. The van der Waals surface area contributed by atoms with Gasteiger partial charge in [0.2, 0.25) is 0 Å². The van der Waals surface area contributed by atoms with E-state index in [2.05, 4.69) is 4.90 Å². The summed E-state index contributed by atoms with van der Waals surface area (Å²) < 4.78 is 5.90. The van der Waals surface area contributed by atoms with Crippen LogP contribution in [0.15, 0.2) is 18.2 Å². The molecule has 2 rings (SSSR count). The number of ether oxygens (including phenoxy) is 1. The highest BCUT2D eigenvalue weighted by molar-refractivity contribution is 6.35. The fourth-order valence-corrected chi connectivity index (χ4v) is 2.77. The first-order valence-electron chi connectivity index (χ1n) is 6.60. The number of hydrogen-bond donors (Lipinski definition) is 1. The Balaban J connectivity index is 1.90. The van der Waals surface area contributed by atoms with Crippen molar-refractivity contribution in [3.8, 4) is 5.75 Å². The molecule has 0 amide bonds. The molecule has 0 bridgehead atoms. The van der Waals surface area contributed by atoms with Gasteiger partial charge in [-0.25, -0.2) is 0 Å². The Hall–Kier alpha value is -0.970. The fourth-order valence-electron chi connectivity index (χ4n) is 2.32. The highest BCUT2D eigenvalue weighted by Gasteiger charge is 2.22. The van der Waals surface area contributed by atoms with Crippen LogP contribution in [0.3, 0.4) is 0 Å². The third kappa shape index (κ3) is 4.54. The van der Waals surface area contributed by atoms with Crippen molar-refractivity contribution in [3.63, 3.8) is 0 Å². The molecule has 0 spiro atoms. The summed E-state index contributed by atoms with van der Waals surface area (Å²) in [6.45, 7) is 2.21. The van der Waals surface area contributed by atoms with Gasteiger partial charge in [0.05, 0.1) is 11.4 Å². The molecule has 1 fully saturated rings. The lowest BCUT2D eigenvalue weighted by molar-refractivity contribution is -0.137. The predicted molar refractivity (Wildman–Crippen MR) is 78.8 cm³/mol. The summed E-state index contributed by atoms with van der Waals surface area (Å²) in [5.74, 6) is -0.144. The molecule has 1 unspecified atom stereocenters. The Kier molecular flexibility index (Phi) is 5.52. The van der Waals surface area contributed by atoms with E-state index in [0.717, 1.165) is 25.9 Å². The van der Waals surface area contributed by atoms with Crippen molar-refractivity contribution in [2.75, 3.05) is 19.6 Å². The van der Waals surface area contributed by atoms with E-state index in [4.69, 9.17) is 33.0 Å². The maximum Gasteiger partial charge on any atom is 0.304 e. The second-order valence-corrected chi connectivity index (χ2v) is 5.74. The number of aliphatic carboxylic acids is 1. The molecule has 1 aromatic rings. The Morgan fingerprint density at radius 2 is 2.25 bits per heavy atom. The van der Waals surface area contributed by atoms with Gasteiger partial charge in [0, 0.05) is 18.1 Å². The number of benzene rings is 1. The number of rotatable bonds is 5. The van der Waals surface area contributed by atoms with Crippen molar-refractivity contribution in [2.45, 2.75) is 25.4 Å². The molecular formula is C14H17Cl2NO3. The Morgan fingerprint density at radius 3 is 2.95 bits per heavy atom. The fraction of sp³-hybridized carbons (Fsp3) is 0.500. The first-order valence-corrected chi connectivity index (χ1v) is 7.36. The number of carboxylic acids is 1. The van der Waals surface area contributed by atoms with Crippen LogP contribution in [0, 0.1) is 0 Å². The second kappa shape index (κ2) is 7.16. The number of likely N-dealkylation sites (tertiary alicyclic amines) is 1. The second-order valence-electron chi connectivity index (χ2n) is 4.90. The van der Waals surface area contributed by atoms with Gasteiger partial charge in [0.25, 0.3) is 0 Å². The van der Waals surface area contributed by atoms with Crippen molar-refractivity contribution < 1.29 is 14.6 Å². The molecule has 20 heavy (non-hydrogen) atoms. The molecule has 1 aliphatic heterocycles. The van der Waals surface area contributed by atoms with Gasteiger partial charge in [-0.15, -0.1) is 0 Å². The SMILES string of the molecule is O=C(O)CCN1CCCC(Oc2ccc(Cl)cc2Cl)C1. The van der Waals surface area contributed by atoms with E-state index in [-0.39, 0.29) is 12.5 Å². The molecule has 1 aromatic carbocycles. The Labute approximate surface area is 128 Å². The van der Waals surface area contributed by atoms with E-state index in [1.54, 1.807) is 18.2 Å². The summed E-state index contributed by atoms with van der Waals surface area (Å²) in [5, 5.41) is 9.80. The van der Waals surface area contributed by atoms with Crippen LogP contribution in [0.4, 0.5) is 0 Å². The lowest BCUT2D eigenvalue weighted by Crippen LogP contribution is -2.42. The van der Waals surface area contributed by atoms with Crippen LogP contribution in [0.5, 0.6) is 5.75 Å². The van der Waals surface area contributed by atoms with Gasteiger partial charge in [0.1, 0.15) is 11.9 Å². The van der Waals surface area contributed by atoms with Crippen LogP contribution in [-0.2, 0) is 4.79 Å². The van der Waals surface area contributed by atoms with Gasteiger partial charge < -0.3 is 9.84 Å². The number of nitrogens with zero attached hydrogens (tertiary/aromatic N) is 1. The summed E-state index contributed by atoms with van der Waals surface area (Å²) in [4.78, 5) is 12.7. The van der Waals surface area contributed by atoms with Crippen LogP contribution >= 0.6 is 23.2 Å². The first-order chi connectivity index (χ1) is 9.54. The molecule has 0 aromatic heterocycles. The van der Waals surface area contributed by atoms with E-state index in [9.17, 15) is 4.79 Å². The summed E-state index contributed by atoms with van der Waals surface area (Å²) >= 11 is 11.9. The molecule has 6 heteroatoms. The molecule has 110 valence electrons. The van der Waals surface area contributed by atoms with Gasteiger partial charge in [0.15, 0.2) is 0 Å². The van der Waals surface area contributed by atoms with Gasteiger partial charge in [-0.3, -0.25) is 9.69 Å². The molecule has 1 aliphatic rings. The van der Waals surface area contributed by atoms with Crippen molar-refractivity contribution in [1.82, 2.24) is 4.90 Å². The molecule has 1 N–H and O–H groups in total. The third-order valence-corrected chi connectivity index (χ3v) is 3.82. The van der Waals surface area contributed by atoms with Gasteiger partial charge in [-0.2, -0.15) is 0 Å². The quantitative estimate of drug-likeness (QED) is 0.905.